The summed E-state index contributed by atoms with van der Waals surface area (Å²) in [4.78, 5) is 38.7. The zero-order valence-corrected chi connectivity index (χ0v) is 64.3. The number of aryl methyl sites for hydroxylation is 6. The van der Waals surface area contributed by atoms with E-state index in [-0.39, 0.29) is 59.7 Å². The predicted molar refractivity (Wildman–Crippen MR) is 411 cm³/mol. The minimum Gasteiger partial charge on any atom is -0.437 e. The molecule has 0 aliphatic carbocycles. The SMILES string of the molecule is CCC.CCC.[C-]#[N+]c1cc(C)c(Oc2nc(N(CP(C)(C)=O)c3ccc(C#N)cc3)nc(N)c2Br)c(C)c1.[C-]#[N+]c1cc(C)c(Oc2nc(Nc3ccc(C#N)cc3)nc(N)c2Br)c(C)c1.[C-]#[N+]c1cc(C)c(Oc2nc(Nc3ccc(C#N)cc3)nc(NCP(C)(C)=O)c2Br)c(C)c1. The molecule has 0 aliphatic heterocycles. The molecule has 0 atom stereocenters. The number of nitrogens with two attached hydrogens (primary N) is 2. The van der Waals surface area contributed by atoms with E-state index < -0.39 is 14.3 Å². The van der Waals surface area contributed by atoms with E-state index in [2.05, 4.69) is 154 Å². The van der Waals surface area contributed by atoms with Gasteiger partial charge in [-0.2, -0.15) is 45.7 Å². The molecule has 0 saturated carbocycles. The topological polar surface area (TPSA) is 315 Å². The first-order chi connectivity index (χ1) is 47.3. The van der Waals surface area contributed by atoms with E-state index in [0.29, 0.717) is 87.3 Å². The standard InChI is InChI=1S/2C23H22BrN6O2P.C20H15BrN6O.2C3H8/c1-14-10-17(27-3)11-15(2)20(14)32-22-19(24)21(26)28-23(29-22)30(13-33(4,5)31)18-8-6-16(12-25)7-9-18;1-14-10-18(26-3)11-15(2)20(14)32-22-19(24)21(27-13-33(4,5)31)29-23(30-22)28-17-8-6-16(12-25)7-9-17;1-11-8-15(24-3)9-12(2)17(11)28-19-16(21)18(23)26-20(27-19)25-14-6-4-13(10-22)5-7-14;2*1-3-2/h6-11H,13H2,1-2,4-5H3,(H2,26,28,29);6-11H,13H2,1-2,4-5H3,(H2,27,28,29,30);4-9H,1-2H3,(H3,23,25,26,27);2*3H2,1-2H3. The van der Waals surface area contributed by atoms with Crippen LogP contribution in [0.3, 0.4) is 0 Å². The van der Waals surface area contributed by atoms with Crippen LogP contribution in [-0.4, -0.2) is 69.1 Å². The molecule has 3 aromatic heterocycles. The first kappa shape index (κ1) is 80.3. The number of nitriles is 3. The second-order valence-electron chi connectivity index (χ2n) is 23.2. The lowest BCUT2D eigenvalue weighted by molar-refractivity contribution is 0.452. The second kappa shape index (κ2) is 37.5. The van der Waals surface area contributed by atoms with Gasteiger partial charge in [-0.15, -0.1) is 0 Å². The van der Waals surface area contributed by atoms with Crippen molar-refractivity contribution in [2.24, 2.45) is 0 Å². The Balaban J connectivity index is 0.000000260. The summed E-state index contributed by atoms with van der Waals surface area (Å²) in [5.74, 6) is 4.00. The Hall–Kier alpha value is -10.4. The van der Waals surface area contributed by atoms with Crippen LogP contribution in [0, 0.1) is 95.3 Å². The van der Waals surface area contributed by atoms with Gasteiger partial charge in [-0.25, -0.2) is 14.5 Å². The summed E-state index contributed by atoms with van der Waals surface area (Å²) in [5.41, 5.74) is 22.2. The molecule has 3 heterocycles. The van der Waals surface area contributed by atoms with Gasteiger partial charge in [0.15, 0.2) is 17.1 Å². The number of hydrogen-bond donors (Lipinski definition) is 5. The van der Waals surface area contributed by atoms with E-state index in [1.54, 1.807) is 141 Å². The highest BCUT2D eigenvalue weighted by atomic mass is 79.9. The fourth-order valence-corrected chi connectivity index (χ4v) is 11.1. The average Bonchev–Trinajstić information content (AvgIpc) is 0.794. The molecule has 6 aromatic carbocycles. The van der Waals surface area contributed by atoms with Gasteiger partial charge >= 0.3 is 0 Å². The number of benzene rings is 6. The summed E-state index contributed by atoms with van der Waals surface area (Å²) in [7, 11) is -4.91. The van der Waals surface area contributed by atoms with Crippen molar-refractivity contribution in [2.75, 3.05) is 71.5 Å². The van der Waals surface area contributed by atoms with Crippen molar-refractivity contribution in [3.05, 3.63) is 207 Å². The number of halogens is 3. The molecular weight excluding hydrogens is 1500 g/mol. The van der Waals surface area contributed by atoms with Gasteiger partial charge in [0, 0.05) is 17.1 Å². The van der Waals surface area contributed by atoms with Gasteiger partial charge in [0.25, 0.3) is 0 Å². The number of rotatable bonds is 17. The molecule has 0 amide bonds. The summed E-state index contributed by atoms with van der Waals surface area (Å²) in [6.45, 7) is 48.0. The van der Waals surface area contributed by atoms with Gasteiger partial charge in [-0.05, 0) is 259 Å². The minimum absolute atomic E-state index is 0.156. The third-order valence-electron chi connectivity index (χ3n) is 13.0. The molecule has 9 rings (SSSR count). The van der Waals surface area contributed by atoms with Crippen LogP contribution < -0.4 is 46.5 Å². The smallest absolute Gasteiger partial charge is 0.240 e. The fourth-order valence-electron chi connectivity index (χ4n) is 8.70. The number of hydrogen-bond acceptors (Lipinski definition) is 20. The van der Waals surface area contributed by atoms with Gasteiger partial charge in [0.2, 0.25) is 35.5 Å². The third kappa shape index (κ3) is 23.7. The Bertz CT molecular complexity index is 4640. The molecule has 9 aromatic rings. The highest BCUT2D eigenvalue weighted by molar-refractivity contribution is 9.11. The van der Waals surface area contributed by atoms with E-state index >= 15 is 0 Å². The van der Waals surface area contributed by atoms with Crippen molar-refractivity contribution < 1.29 is 23.3 Å². The lowest BCUT2D eigenvalue weighted by atomic mass is 10.1. The Labute approximate surface area is 610 Å². The predicted octanol–water partition coefficient (Wildman–Crippen LogP) is 21.4. The highest BCUT2D eigenvalue weighted by Crippen LogP contribution is 2.45. The van der Waals surface area contributed by atoms with Gasteiger partial charge in [-0.3, -0.25) is 0 Å². The van der Waals surface area contributed by atoms with Crippen LogP contribution >= 0.6 is 62.1 Å². The zero-order valence-electron chi connectivity index (χ0n) is 57.8. The van der Waals surface area contributed by atoms with Crippen molar-refractivity contribution in [3.8, 4) is 53.1 Å². The van der Waals surface area contributed by atoms with Crippen molar-refractivity contribution >= 4 is 131 Å². The lowest BCUT2D eigenvalue weighted by Crippen LogP contribution is -2.21. The molecule has 0 radical (unpaired) electrons. The molecule has 0 bridgehead atoms. The molecule has 0 spiro atoms. The molecular formula is C72H75Br3N18O5P2. The maximum Gasteiger partial charge on any atom is 0.240 e. The van der Waals surface area contributed by atoms with Gasteiger partial charge in [0.1, 0.15) is 55.3 Å². The van der Waals surface area contributed by atoms with Crippen molar-refractivity contribution in [2.45, 2.75) is 82.1 Å². The molecule has 0 fully saturated rings. The Kier molecular flexibility index (Phi) is 30.1. The van der Waals surface area contributed by atoms with Gasteiger partial charge < -0.3 is 55.7 Å². The summed E-state index contributed by atoms with van der Waals surface area (Å²) in [6.07, 6.45) is 2.91. The molecule has 514 valence electrons. The van der Waals surface area contributed by atoms with Crippen LogP contribution in [0.1, 0.15) is 90.6 Å². The van der Waals surface area contributed by atoms with Crippen LogP contribution in [0.2, 0.25) is 0 Å². The van der Waals surface area contributed by atoms with Crippen LogP contribution in [0.4, 0.5) is 69.4 Å². The Morgan fingerprint density at radius 3 is 1.14 bits per heavy atom. The van der Waals surface area contributed by atoms with Gasteiger partial charge in [-0.1, -0.05) is 40.5 Å². The van der Waals surface area contributed by atoms with Crippen LogP contribution in [0.5, 0.6) is 34.9 Å². The zero-order chi connectivity index (χ0) is 74.2. The number of aromatic nitrogens is 6. The van der Waals surface area contributed by atoms with Crippen LogP contribution in [0.25, 0.3) is 14.5 Å². The van der Waals surface area contributed by atoms with Crippen LogP contribution in [0.15, 0.2) is 123 Å². The quantitative estimate of drug-likeness (QED) is 0.0418. The average molecular weight is 1570 g/mol. The van der Waals surface area contributed by atoms with E-state index in [0.717, 1.165) is 33.4 Å². The number of nitrogens with one attached hydrogen (secondary N) is 3. The molecule has 23 nitrogen and oxygen atoms in total. The van der Waals surface area contributed by atoms with Gasteiger partial charge in [0.05, 0.1) is 74.3 Å². The summed E-state index contributed by atoms with van der Waals surface area (Å²) < 4.78 is 44.6. The molecule has 7 N–H and O–H groups in total. The maximum absolute atomic E-state index is 12.7. The minimum atomic E-state index is -2.55. The third-order valence-corrected chi connectivity index (χ3v) is 17.1. The second-order valence-corrected chi connectivity index (χ2v) is 32.5. The fraction of sp³-hybridized carbons (Fsp3) is 0.250. The monoisotopic (exact) mass is 1570 g/mol. The number of ether oxygens (including phenoxy) is 3. The number of nitrogen functional groups attached to an aromatic ring is 2. The van der Waals surface area contributed by atoms with E-state index in [9.17, 15) is 9.13 Å². The molecule has 0 saturated heterocycles. The number of nitrogens with zero attached hydrogens (tertiary/aromatic N) is 13. The summed E-state index contributed by atoms with van der Waals surface area (Å²) >= 11 is 10.3. The maximum atomic E-state index is 12.7. The molecule has 0 unspecified atom stereocenters. The van der Waals surface area contributed by atoms with E-state index in [4.69, 9.17) is 61.2 Å². The Morgan fingerprint density at radius 1 is 0.490 bits per heavy atom. The van der Waals surface area contributed by atoms with Crippen LogP contribution in [-0.2, 0) is 9.13 Å². The van der Waals surface area contributed by atoms with E-state index in [1.165, 1.54) is 12.8 Å². The molecule has 100 heavy (non-hydrogen) atoms. The van der Waals surface area contributed by atoms with E-state index in [1.807, 2.05) is 41.5 Å². The first-order valence-corrected chi connectivity index (χ1v) is 38.7. The highest BCUT2D eigenvalue weighted by Gasteiger charge is 2.25. The first-order valence-electron chi connectivity index (χ1n) is 30.7. The normalized spacial score (nSPS) is 10.3. The number of anilines is 9. The molecule has 28 heteroatoms. The largest absolute Gasteiger partial charge is 0.437 e. The summed E-state index contributed by atoms with van der Waals surface area (Å²) in [5, 5.41) is 36.3. The molecule has 0 aliphatic rings. The van der Waals surface area contributed by atoms with Crippen molar-refractivity contribution in [1.82, 2.24) is 29.9 Å². The summed E-state index contributed by atoms with van der Waals surface area (Å²) in [6, 6.07) is 37.3. The van der Waals surface area contributed by atoms with Crippen molar-refractivity contribution in [1.29, 1.82) is 15.8 Å². The Morgan fingerprint density at radius 2 is 0.810 bits per heavy atom. The lowest BCUT2D eigenvalue weighted by Gasteiger charge is -2.25. The van der Waals surface area contributed by atoms with Crippen molar-refractivity contribution in [3.63, 3.8) is 0 Å².